The minimum atomic E-state index is -4.66. The van der Waals surface area contributed by atoms with E-state index in [-0.39, 0.29) is 13.0 Å². The molecule has 0 saturated heterocycles. The molecular weight excluding hydrogens is 733 g/mol. The van der Waals surface area contributed by atoms with Gasteiger partial charge in [0.1, 0.15) is 22.5 Å². The number of hydrogen-bond donors (Lipinski definition) is 0. The van der Waals surface area contributed by atoms with Crippen molar-refractivity contribution in [1.29, 1.82) is 0 Å². The van der Waals surface area contributed by atoms with E-state index in [0.29, 0.717) is 42.5 Å². The summed E-state index contributed by atoms with van der Waals surface area (Å²) in [6, 6.07) is 50.9. The lowest BCUT2D eigenvalue weighted by Gasteiger charge is -2.20. The molecule has 0 spiro atoms. The van der Waals surface area contributed by atoms with Crippen molar-refractivity contribution in [3.63, 3.8) is 0 Å². The zero-order chi connectivity index (χ0) is 39.2. The van der Waals surface area contributed by atoms with Crippen molar-refractivity contribution < 1.29 is 31.4 Å². The zero-order valence-electron chi connectivity index (χ0n) is 31.5. The van der Waals surface area contributed by atoms with Crippen LogP contribution in [0.2, 0.25) is 0 Å². The molecule has 286 valence electrons. The first kappa shape index (κ1) is 37.5. The molecule has 8 rings (SSSR count). The Morgan fingerprint density at radius 1 is 0.772 bits per heavy atom. The first-order valence-corrected chi connectivity index (χ1v) is 20.6. The molecule has 1 aromatic heterocycles. The second kappa shape index (κ2) is 16.8. The van der Waals surface area contributed by atoms with Gasteiger partial charge < -0.3 is 23.3 Å². The molecule has 57 heavy (non-hydrogen) atoms. The molecule has 7 aromatic rings. The second-order valence-electron chi connectivity index (χ2n) is 13.8. The van der Waals surface area contributed by atoms with Crippen LogP contribution in [0.5, 0.6) is 11.5 Å². The maximum Gasteiger partial charge on any atom is 0.374 e. The molecule has 8 nitrogen and oxygen atoms in total. The molecule has 2 heterocycles. The van der Waals surface area contributed by atoms with Gasteiger partial charge in [0.15, 0.2) is 12.3 Å². The average Bonchev–Trinajstić information content (AvgIpc) is 3.77. The summed E-state index contributed by atoms with van der Waals surface area (Å²) in [5.74, 6) is 2.71. The topological polar surface area (TPSA) is 95.9 Å². The quantitative estimate of drug-likeness (QED) is 0.0802. The normalized spacial score (nSPS) is 14.1. The fraction of sp³-hybridized carbons (Fsp3) is 0.146. The first-order valence-electron chi connectivity index (χ1n) is 19.1. The number of aryl methyl sites for hydroxylation is 1. The van der Waals surface area contributed by atoms with Gasteiger partial charge in [0.2, 0.25) is 11.5 Å². The van der Waals surface area contributed by atoms with E-state index in [9.17, 15) is 13.0 Å². The number of aromatic nitrogens is 1. The number of ether oxygens (including phenoxy) is 2. The van der Waals surface area contributed by atoms with Crippen LogP contribution < -0.4 is 18.9 Å². The zero-order valence-corrected chi connectivity index (χ0v) is 32.3. The van der Waals surface area contributed by atoms with Gasteiger partial charge in [0.05, 0.1) is 23.6 Å². The predicted octanol–water partition coefficient (Wildman–Crippen LogP) is 10.3. The van der Waals surface area contributed by atoms with Crippen LogP contribution in [0.15, 0.2) is 180 Å². The molecule has 0 saturated carbocycles. The van der Waals surface area contributed by atoms with Crippen LogP contribution >= 0.6 is 0 Å². The lowest BCUT2D eigenvalue weighted by molar-refractivity contribution is -0.678. The second-order valence-corrected chi connectivity index (χ2v) is 15.4. The summed E-state index contributed by atoms with van der Waals surface area (Å²) in [5, 5.41) is -1.23. The van der Waals surface area contributed by atoms with Crippen molar-refractivity contribution in [2.45, 2.75) is 31.6 Å². The van der Waals surface area contributed by atoms with Crippen molar-refractivity contribution in [3.05, 3.63) is 187 Å². The molecular formula is C48H42N2O6S. The lowest BCUT2D eigenvalue weighted by Crippen LogP contribution is -2.37. The van der Waals surface area contributed by atoms with Crippen molar-refractivity contribution in [2.24, 2.45) is 0 Å². The molecule has 1 aliphatic rings. The van der Waals surface area contributed by atoms with Gasteiger partial charge in [-0.2, -0.15) is 4.57 Å². The predicted molar refractivity (Wildman–Crippen MR) is 223 cm³/mol. The van der Waals surface area contributed by atoms with Crippen LogP contribution in [0.3, 0.4) is 0 Å². The van der Waals surface area contributed by atoms with Gasteiger partial charge in [-0.1, -0.05) is 128 Å². The van der Waals surface area contributed by atoms with E-state index in [2.05, 4.69) is 36.1 Å². The highest BCUT2D eigenvalue weighted by molar-refractivity contribution is 7.86. The molecule has 6 aromatic carbocycles. The molecule has 1 aliphatic heterocycles. The maximum absolute atomic E-state index is 12.6. The Bertz CT molecular complexity index is 2640. The summed E-state index contributed by atoms with van der Waals surface area (Å²) in [6.45, 7) is 3.24. The van der Waals surface area contributed by atoms with E-state index in [1.165, 1.54) is 0 Å². The SMILES string of the molecule is CCC(=Cc1oc2ccc(-c3ccccc3)cc2[n+]1CCC(c1ccccc1)S(=O)(=O)[O-])C=C1Oc2ccc(-c3ccccc3)cc2N1CCOc1ccccc1. The van der Waals surface area contributed by atoms with Crippen molar-refractivity contribution in [2.75, 3.05) is 18.1 Å². The lowest BCUT2D eigenvalue weighted by atomic mass is 10.0. The summed E-state index contributed by atoms with van der Waals surface area (Å²) in [4.78, 5) is 2.14. The highest BCUT2D eigenvalue weighted by Gasteiger charge is 2.29. The van der Waals surface area contributed by atoms with Crippen LogP contribution in [0, 0.1) is 0 Å². The fourth-order valence-corrected chi connectivity index (χ4v) is 8.11. The van der Waals surface area contributed by atoms with Crippen LogP contribution in [0.25, 0.3) is 39.4 Å². The number of oxazole rings is 1. The third-order valence-electron chi connectivity index (χ3n) is 10.2. The average molecular weight is 775 g/mol. The number of fused-ring (bicyclic) bond motifs is 2. The van der Waals surface area contributed by atoms with Gasteiger partial charge in [0, 0.05) is 18.6 Å². The number of rotatable bonds is 14. The largest absolute Gasteiger partial charge is 0.747 e. The number of nitrogens with zero attached hydrogens (tertiary/aromatic N) is 2. The Balaban J connectivity index is 1.18. The molecule has 0 amide bonds. The molecule has 0 fully saturated rings. The van der Waals surface area contributed by atoms with Crippen molar-refractivity contribution in [3.8, 4) is 33.8 Å². The Kier molecular flexibility index (Phi) is 11.0. The number of anilines is 1. The Morgan fingerprint density at radius 3 is 2.04 bits per heavy atom. The third kappa shape index (κ3) is 8.55. The van der Waals surface area contributed by atoms with E-state index in [1.54, 1.807) is 30.3 Å². The molecule has 1 unspecified atom stereocenters. The third-order valence-corrected chi connectivity index (χ3v) is 11.4. The number of allylic oxidation sites excluding steroid dienone is 2. The highest BCUT2D eigenvalue weighted by Crippen LogP contribution is 2.42. The summed E-state index contributed by atoms with van der Waals surface area (Å²) >= 11 is 0. The maximum atomic E-state index is 12.6. The number of para-hydroxylation sites is 1. The van der Waals surface area contributed by atoms with E-state index in [4.69, 9.17) is 13.9 Å². The van der Waals surface area contributed by atoms with Gasteiger partial charge in [0.25, 0.3) is 5.52 Å². The summed E-state index contributed by atoms with van der Waals surface area (Å²) in [7, 11) is -4.66. The van der Waals surface area contributed by atoms with E-state index < -0.39 is 15.4 Å². The van der Waals surface area contributed by atoms with E-state index >= 15 is 0 Å². The number of hydrogen-bond acceptors (Lipinski definition) is 7. The van der Waals surface area contributed by atoms with Gasteiger partial charge in [-0.15, -0.1) is 0 Å². The van der Waals surface area contributed by atoms with Crippen LogP contribution in [0.4, 0.5) is 5.69 Å². The molecule has 0 radical (unpaired) electrons. The highest BCUT2D eigenvalue weighted by atomic mass is 32.2. The molecule has 1 atom stereocenters. The molecule has 0 aliphatic carbocycles. The van der Waals surface area contributed by atoms with Crippen molar-refractivity contribution >= 4 is 33.0 Å². The van der Waals surface area contributed by atoms with Gasteiger partial charge >= 0.3 is 5.89 Å². The Labute approximate surface area is 333 Å². The van der Waals surface area contributed by atoms with E-state index in [0.717, 1.165) is 50.5 Å². The molecule has 0 bridgehead atoms. The first-order chi connectivity index (χ1) is 27.8. The Morgan fingerprint density at radius 2 is 1.39 bits per heavy atom. The monoisotopic (exact) mass is 774 g/mol. The van der Waals surface area contributed by atoms with Crippen LogP contribution in [0.1, 0.15) is 36.5 Å². The summed E-state index contributed by atoms with van der Waals surface area (Å²) < 4.78 is 59.1. The van der Waals surface area contributed by atoms with Gasteiger partial charge in [-0.3, -0.25) is 0 Å². The molecule has 9 heteroatoms. The Hall–Kier alpha value is -6.42. The van der Waals surface area contributed by atoms with E-state index in [1.807, 2.05) is 120 Å². The van der Waals surface area contributed by atoms with Crippen molar-refractivity contribution in [1.82, 2.24) is 0 Å². The summed E-state index contributed by atoms with van der Waals surface area (Å²) in [5.41, 5.74) is 7.96. The van der Waals surface area contributed by atoms with Gasteiger partial charge in [-0.05, 0) is 70.1 Å². The number of benzene rings is 6. The smallest absolute Gasteiger partial charge is 0.374 e. The minimum Gasteiger partial charge on any atom is -0.747 e. The van der Waals surface area contributed by atoms with Crippen LogP contribution in [-0.4, -0.2) is 26.1 Å². The van der Waals surface area contributed by atoms with Gasteiger partial charge in [-0.25, -0.2) is 8.42 Å². The standard InChI is InChI=1S/C48H42N2O6S/c1-2-35(32-48-50(29-30-54-41-21-13-6-14-22-41)43-34-40(24-26-45(43)56-48)37-17-9-4-10-18-37)31-47-49(28-27-46(57(51,52)53)38-19-11-5-12-20-38)42-33-39(23-25-44(42)55-47)36-15-7-3-8-16-36/h3-26,31-34,46H,2,27-30H2,1H3. The molecule has 0 N–H and O–H groups in total. The minimum absolute atomic E-state index is 0.0610. The van der Waals surface area contributed by atoms with Crippen LogP contribution in [-0.2, 0) is 16.7 Å². The fourth-order valence-electron chi connectivity index (χ4n) is 7.22. The summed E-state index contributed by atoms with van der Waals surface area (Å²) in [6.07, 6.45) is 4.69.